The molecule has 11 heteroatoms. The summed E-state index contributed by atoms with van der Waals surface area (Å²) in [6, 6.07) is 3.48. The van der Waals surface area contributed by atoms with E-state index in [1.165, 1.54) is 23.5 Å². The third-order valence-electron chi connectivity index (χ3n) is 5.25. The normalized spacial score (nSPS) is 18.1. The molecule has 2 aromatic rings. The Kier molecular flexibility index (Phi) is 7.08. The number of thiazole rings is 1. The van der Waals surface area contributed by atoms with E-state index in [1.54, 1.807) is 31.0 Å². The first kappa shape index (κ1) is 23.4. The lowest BCUT2D eigenvalue weighted by Gasteiger charge is -2.42. The Morgan fingerprint density at radius 1 is 1.24 bits per heavy atom. The minimum atomic E-state index is -0.772. The SMILES string of the molecule is CCOC(=O)C1=C2CN(C(=O)OCC)CCN2C(c2nccs2)=NC1c1ccc(F)cc1Br. The van der Waals surface area contributed by atoms with Crippen molar-refractivity contribution in [1.29, 1.82) is 0 Å². The number of esters is 1. The van der Waals surface area contributed by atoms with Crippen LogP contribution in [-0.2, 0) is 14.3 Å². The Hall–Kier alpha value is -2.79. The van der Waals surface area contributed by atoms with Crippen LogP contribution in [-0.4, -0.2) is 65.5 Å². The molecule has 0 aliphatic carbocycles. The van der Waals surface area contributed by atoms with Crippen LogP contribution in [0.5, 0.6) is 0 Å². The summed E-state index contributed by atoms with van der Waals surface area (Å²) in [5.74, 6) is -0.354. The number of benzene rings is 1. The van der Waals surface area contributed by atoms with E-state index in [1.807, 2.05) is 10.3 Å². The average Bonchev–Trinajstić information content (AvgIpc) is 3.33. The van der Waals surface area contributed by atoms with E-state index in [-0.39, 0.29) is 19.8 Å². The molecule has 0 spiro atoms. The molecule has 2 aliphatic rings. The minimum absolute atomic E-state index is 0.146. The van der Waals surface area contributed by atoms with Gasteiger partial charge in [-0.3, -0.25) is 4.99 Å². The van der Waals surface area contributed by atoms with Crippen LogP contribution in [0.15, 0.2) is 50.5 Å². The quantitative estimate of drug-likeness (QED) is 0.534. The van der Waals surface area contributed by atoms with Gasteiger partial charge in [0, 0.05) is 29.1 Å². The largest absolute Gasteiger partial charge is 0.463 e. The second-order valence-corrected chi connectivity index (χ2v) is 8.96. The molecule has 0 saturated carbocycles. The zero-order valence-electron chi connectivity index (χ0n) is 18.1. The third-order valence-corrected chi connectivity index (χ3v) is 6.71. The number of carbonyl (C=O) groups is 2. The summed E-state index contributed by atoms with van der Waals surface area (Å²) >= 11 is 4.84. The molecule has 33 heavy (non-hydrogen) atoms. The zero-order chi connectivity index (χ0) is 23.5. The van der Waals surface area contributed by atoms with Crippen LogP contribution in [0.25, 0.3) is 0 Å². The van der Waals surface area contributed by atoms with Gasteiger partial charge >= 0.3 is 12.1 Å². The van der Waals surface area contributed by atoms with Crippen LogP contribution in [0.2, 0.25) is 0 Å². The second kappa shape index (κ2) is 10.0. The molecule has 1 saturated heterocycles. The molecule has 1 atom stereocenters. The first-order valence-electron chi connectivity index (χ1n) is 10.5. The van der Waals surface area contributed by atoms with Crippen molar-refractivity contribution < 1.29 is 23.5 Å². The molecule has 2 aliphatic heterocycles. The molecule has 8 nitrogen and oxygen atoms in total. The van der Waals surface area contributed by atoms with E-state index in [2.05, 4.69) is 20.9 Å². The summed E-state index contributed by atoms with van der Waals surface area (Å²) in [5.41, 5.74) is 1.50. The van der Waals surface area contributed by atoms with Crippen LogP contribution in [0, 0.1) is 5.82 Å². The highest BCUT2D eigenvalue weighted by Crippen LogP contribution is 2.40. The molecule has 1 aromatic carbocycles. The van der Waals surface area contributed by atoms with Crippen molar-refractivity contribution in [3.8, 4) is 0 Å². The van der Waals surface area contributed by atoms with Crippen molar-refractivity contribution in [2.45, 2.75) is 19.9 Å². The highest BCUT2D eigenvalue weighted by atomic mass is 79.9. The number of hydrogen-bond donors (Lipinski definition) is 0. The van der Waals surface area contributed by atoms with Crippen LogP contribution in [0.1, 0.15) is 30.5 Å². The van der Waals surface area contributed by atoms with E-state index in [9.17, 15) is 14.0 Å². The van der Waals surface area contributed by atoms with E-state index in [4.69, 9.17) is 14.5 Å². The molecule has 0 radical (unpaired) electrons. The number of fused-ring (bicyclic) bond motifs is 1. The van der Waals surface area contributed by atoms with Gasteiger partial charge in [0.1, 0.15) is 11.9 Å². The maximum atomic E-state index is 13.8. The van der Waals surface area contributed by atoms with Crippen LogP contribution < -0.4 is 0 Å². The van der Waals surface area contributed by atoms with E-state index >= 15 is 0 Å². The molecular formula is C22H22BrFN4O4S. The van der Waals surface area contributed by atoms with Gasteiger partial charge in [-0.1, -0.05) is 22.0 Å². The van der Waals surface area contributed by atoms with Crippen molar-refractivity contribution in [2.24, 2.45) is 4.99 Å². The van der Waals surface area contributed by atoms with Crippen molar-refractivity contribution >= 4 is 45.2 Å². The number of amidine groups is 1. The zero-order valence-corrected chi connectivity index (χ0v) is 20.5. The maximum Gasteiger partial charge on any atom is 0.410 e. The Morgan fingerprint density at radius 2 is 2.03 bits per heavy atom. The summed E-state index contributed by atoms with van der Waals surface area (Å²) in [5, 5.41) is 2.53. The number of halogens is 2. The molecule has 1 fully saturated rings. The molecule has 3 heterocycles. The number of aromatic nitrogens is 1. The Labute approximate surface area is 202 Å². The smallest absolute Gasteiger partial charge is 0.410 e. The Morgan fingerprint density at radius 3 is 2.70 bits per heavy atom. The lowest BCUT2D eigenvalue weighted by Crippen LogP contribution is -2.52. The van der Waals surface area contributed by atoms with Crippen LogP contribution in [0.3, 0.4) is 0 Å². The molecule has 0 bridgehead atoms. The topological polar surface area (TPSA) is 84.3 Å². The van der Waals surface area contributed by atoms with Gasteiger partial charge in [0.05, 0.1) is 31.0 Å². The van der Waals surface area contributed by atoms with Crippen molar-refractivity contribution in [3.05, 3.63) is 61.9 Å². The Balaban J connectivity index is 1.88. The van der Waals surface area contributed by atoms with Gasteiger partial charge < -0.3 is 19.3 Å². The molecule has 1 unspecified atom stereocenters. The number of nitrogens with zero attached hydrogens (tertiary/aromatic N) is 4. The first-order valence-corrected chi connectivity index (χ1v) is 12.1. The Bertz CT molecular complexity index is 1120. The van der Waals surface area contributed by atoms with E-state index in [0.717, 1.165) is 0 Å². The highest BCUT2D eigenvalue weighted by molar-refractivity contribution is 9.10. The number of aliphatic imine (C=N–C) groups is 1. The van der Waals surface area contributed by atoms with E-state index in [0.29, 0.717) is 45.2 Å². The fraction of sp³-hybridized carbons (Fsp3) is 0.364. The summed E-state index contributed by atoms with van der Waals surface area (Å²) in [4.78, 5) is 38.5. The highest BCUT2D eigenvalue weighted by Gasteiger charge is 2.41. The predicted molar refractivity (Wildman–Crippen MR) is 124 cm³/mol. The number of rotatable bonds is 5. The summed E-state index contributed by atoms with van der Waals surface area (Å²) in [7, 11) is 0. The van der Waals surface area contributed by atoms with Gasteiger partial charge in [-0.2, -0.15) is 0 Å². The van der Waals surface area contributed by atoms with Gasteiger partial charge in [0.2, 0.25) is 0 Å². The van der Waals surface area contributed by atoms with Gasteiger partial charge in [0.15, 0.2) is 10.8 Å². The van der Waals surface area contributed by atoms with Gasteiger partial charge in [-0.15, -0.1) is 11.3 Å². The lowest BCUT2D eigenvalue weighted by atomic mass is 9.93. The molecule has 4 rings (SSSR count). The molecule has 174 valence electrons. The van der Waals surface area contributed by atoms with E-state index < -0.39 is 23.9 Å². The lowest BCUT2D eigenvalue weighted by molar-refractivity contribution is -0.139. The van der Waals surface area contributed by atoms with Gasteiger partial charge in [-0.05, 0) is 31.5 Å². The fourth-order valence-corrected chi connectivity index (χ4v) is 5.05. The summed E-state index contributed by atoms with van der Waals surface area (Å²) in [6.45, 7) is 4.85. The molecule has 1 aromatic heterocycles. The summed E-state index contributed by atoms with van der Waals surface area (Å²) in [6.07, 6.45) is 1.23. The fourth-order valence-electron chi connectivity index (χ4n) is 3.84. The minimum Gasteiger partial charge on any atom is -0.463 e. The van der Waals surface area contributed by atoms with Crippen LogP contribution >= 0.6 is 27.3 Å². The van der Waals surface area contributed by atoms with Gasteiger partial charge in [-0.25, -0.2) is 19.0 Å². The summed E-state index contributed by atoms with van der Waals surface area (Å²) < 4.78 is 24.9. The number of hydrogen-bond acceptors (Lipinski definition) is 8. The monoisotopic (exact) mass is 536 g/mol. The predicted octanol–water partition coefficient (Wildman–Crippen LogP) is 4.14. The standard InChI is InChI=1S/C22H22BrFN4O4S/c1-3-31-21(29)17-16-12-27(22(30)32-4-2)8-9-28(16)19(20-25-7-10-33-20)26-18(17)14-6-5-13(24)11-15(14)23/h5-7,10-11,18H,3-4,8-9,12H2,1-2H3. The molecule has 0 N–H and O–H groups in total. The number of carbonyl (C=O) groups excluding carboxylic acids is 2. The number of amides is 1. The first-order chi connectivity index (χ1) is 15.9. The third kappa shape index (κ3) is 4.65. The number of piperazine rings is 1. The number of ether oxygens (including phenoxy) is 2. The maximum absolute atomic E-state index is 13.8. The second-order valence-electron chi connectivity index (χ2n) is 7.21. The van der Waals surface area contributed by atoms with Crippen LogP contribution in [0.4, 0.5) is 9.18 Å². The van der Waals surface area contributed by atoms with Gasteiger partial charge in [0.25, 0.3) is 0 Å². The van der Waals surface area contributed by atoms with Crippen molar-refractivity contribution in [3.63, 3.8) is 0 Å². The van der Waals surface area contributed by atoms with Crippen molar-refractivity contribution in [2.75, 3.05) is 32.8 Å². The average molecular weight is 537 g/mol. The molecule has 1 amide bonds. The van der Waals surface area contributed by atoms with Crippen molar-refractivity contribution in [1.82, 2.24) is 14.8 Å². The molecular weight excluding hydrogens is 515 g/mol.